The summed E-state index contributed by atoms with van der Waals surface area (Å²) < 4.78 is 26.9. The second kappa shape index (κ2) is 8.57. The molecule has 10 heteroatoms. The van der Waals surface area contributed by atoms with Crippen LogP contribution in [0.3, 0.4) is 0 Å². The van der Waals surface area contributed by atoms with Crippen molar-refractivity contribution in [1.29, 1.82) is 0 Å². The summed E-state index contributed by atoms with van der Waals surface area (Å²) >= 11 is 3.34. The highest BCUT2D eigenvalue weighted by atomic mass is 79.9. The van der Waals surface area contributed by atoms with Gasteiger partial charge in [0, 0.05) is 18.1 Å². The molecular formula is C20H20BrN3O5S. The minimum Gasteiger partial charge on any atom is -0.357 e. The van der Waals surface area contributed by atoms with Crippen LogP contribution < -0.4 is 5.32 Å². The Morgan fingerprint density at radius 1 is 1.13 bits per heavy atom. The van der Waals surface area contributed by atoms with Gasteiger partial charge in [0.15, 0.2) is 0 Å². The van der Waals surface area contributed by atoms with Crippen molar-refractivity contribution in [2.45, 2.75) is 24.4 Å². The van der Waals surface area contributed by atoms with E-state index in [0.29, 0.717) is 4.31 Å². The molecule has 1 aliphatic heterocycles. The van der Waals surface area contributed by atoms with Gasteiger partial charge in [0.05, 0.1) is 5.56 Å². The van der Waals surface area contributed by atoms with Crippen LogP contribution in [0.4, 0.5) is 0 Å². The average Bonchev–Trinajstić information content (AvgIpc) is 2.93. The van der Waals surface area contributed by atoms with E-state index in [1.807, 2.05) is 0 Å². The van der Waals surface area contributed by atoms with Crippen molar-refractivity contribution >= 4 is 43.7 Å². The first kappa shape index (κ1) is 22.0. The zero-order valence-corrected chi connectivity index (χ0v) is 18.7. The number of nitrogens with zero attached hydrogens (tertiary/aromatic N) is 2. The summed E-state index contributed by atoms with van der Waals surface area (Å²) in [5, 5.41) is 2.49. The highest BCUT2D eigenvalue weighted by Gasteiger charge is 2.43. The largest absolute Gasteiger partial charge is 0.357 e. The number of rotatable bonds is 6. The van der Waals surface area contributed by atoms with E-state index in [-0.39, 0.29) is 17.0 Å². The average molecular weight is 494 g/mol. The van der Waals surface area contributed by atoms with Crippen molar-refractivity contribution in [2.75, 3.05) is 13.6 Å². The van der Waals surface area contributed by atoms with Crippen LogP contribution in [0.25, 0.3) is 0 Å². The Balaban J connectivity index is 1.89. The topological polar surface area (TPSA) is 104 Å². The van der Waals surface area contributed by atoms with Gasteiger partial charge >= 0.3 is 0 Å². The molecule has 0 aromatic heterocycles. The smallest absolute Gasteiger partial charge is 0.269 e. The van der Waals surface area contributed by atoms with Gasteiger partial charge < -0.3 is 10.2 Å². The van der Waals surface area contributed by atoms with Crippen LogP contribution in [0, 0.1) is 0 Å². The van der Waals surface area contributed by atoms with Crippen molar-refractivity contribution in [3.63, 3.8) is 0 Å². The van der Waals surface area contributed by atoms with Crippen molar-refractivity contribution in [1.82, 2.24) is 14.5 Å². The van der Waals surface area contributed by atoms with E-state index in [0.717, 1.165) is 10.0 Å². The lowest BCUT2D eigenvalue weighted by Gasteiger charge is -2.29. The maximum atomic E-state index is 13.1. The molecule has 30 heavy (non-hydrogen) atoms. The lowest BCUT2D eigenvalue weighted by Crippen LogP contribution is -2.50. The maximum Gasteiger partial charge on any atom is 0.269 e. The molecule has 8 nitrogen and oxygen atoms in total. The van der Waals surface area contributed by atoms with E-state index < -0.39 is 40.3 Å². The van der Waals surface area contributed by atoms with Crippen molar-refractivity contribution in [3.8, 4) is 0 Å². The number of halogens is 1. The number of amides is 3. The second-order valence-corrected chi connectivity index (χ2v) is 9.50. The standard InChI is InChI=1S/C20H20BrN3O5S/c1-13(19(26)22-2)23(11-14-7-9-15(21)10-8-14)18(25)12-24-20(27)16-5-3-4-6-17(16)30(24,28)29/h3-10,13H,11-12H2,1-2H3,(H,22,26)/t13-/m0/s1. The number of nitrogens with one attached hydrogen (secondary N) is 1. The highest BCUT2D eigenvalue weighted by molar-refractivity contribution is 9.10. The number of carbonyl (C=O) groups is 3. The van der Waals surface area contributed by atoms with Crippen LogP contribution in [0.2, 0.25) is 0 Å². The fraction of sp³-hybridized carbons (Fsp3) is 0.250. The molecule has 1 N–H and O–H groups in total. The zero-order chi connectivity index (χ0) is 22.1. The molecule has 1 atom stereocenters. The normalized spacial score (nSPS) is 15.4. The molecule has 2 aromatic carbocycles. The molecule has 1 heterocycles. The minimum atomic E-state index is -4.12. The van der Waals surface area contributed by atoms with E-state index in [1.54, 1.807) is 37.3 Å². The zero-order valence-electron chi connectivity index (χ0n) is 16.3. The summed E-state index contributed by atoms with van der Waals surface area (Å²) in [5.41, 5.74) is 0.783. The van der Waals surface area contributed by atoms with Gasteiger partial charge in [-0.05, 0) is 36.8 Å². The van der Waals surface area contributed by atoms with Gasteiger partial charge in [-0.2, -0.15) is 0 Å². The van der Waals surface area contributed by atoms with Crippen LogP contribution in [0.1, 0.15) is 22.8 Å². The van der Waals surface area contributed by atoms with Crippen LogP contribution in [-0.2, 0) is 26.2 Å². The third-order valence-corrected chi connectivity index (χ3v) is 7.19. The van der Waals surface area contributed by atoms with E-state index in [9.17, 15) is 22.8 Å². The second-order valence-electron chi connectivity index (χ2n) is 6.75. The lowest BCUT2D eigenvalue weighted by molar-refractivity contribution is -0.140. The van der Waals surface area contributed by atoms with Crippen LogP contribution in [0.15, 0.2) is 57.9 Å². The number of carbonyl (C=O) groups excluding carboxylic acids is 3. The first-order valence-corrected chi connectivity index (χ1v) is 11.3. The molecule has 0 saturated carbocycles. The van der Waals surface area contributed by atoms with Crippen LogP contribution >= 0.6 is 15.9 Å². The number of likely N-dealkylation sites (N-methyl/N-ethyl adjacent to an activating group) is 1. The molecular weight excluding hydrogens is 474 g/mol. The van der Waals surface area contributed by atoms with E-state index >= 15 is 0 Å². The number of benzene rings is 2. The molecule has 0 unspecified atom stereocenters. The Morgan fingerprint density at radius 3 is 2.37 bits per heavy atom. The van der Waals surface area contributed by atoms with Gasteiger partial charge in [-0.15, -0.1) is 0 Å². The highest BCUT2D eigenvalue weighted by Crippen LogP contribution is 2.30. The van der Waals surface area contributed by atoms with E-state index in [4.69, 9.17) is 0 Å². The van der Waals surface area contributed by atoms with Crippen molar-refractivity contribution < 1.29 is 22.8 Å². The van der Waals surface area contributed by atoms with Gasteiger partial charge in [0.2, 0.25) is 11.8 Å². The molecule has 0 bridgehead atoms. The molecule has 0 radical (unpaired) electrons. The van der Waals surface area contributed by atoms with Gasteiger partial charge in [0.25, 0.3) is 15.9 Å². The Labute approximate surface area is 183 Å². The first-order chi connectivity index (χ1) is 14.2. The predicted octanol–water partition coefficient (Wildman–Crippen LogP) is 1.76. The van der Waals surface area contributed by atoms with Crippen molar-refractivity contribution in [3.05, 3.63) is 64.1 Å². The van der Waals surface area contributed by atoms with Gasteiger partial charge in [-0.3, -0.25) is 14.4 Å². The number of sulfonamides is 1. The summed E-state index contributed by atoms with van der Waals surface area (Å²) in [7, 11) is -2.67. The van der Waals surface area contributed by atoms with Crippen LogP contribution in [0.5, 0.6) is 0 Å². The monoisotopic (exact) mass is 493 g/mol. The molecule has 0 fully saturated rings. The third kappa shape index (κ3) is 4.10. The molecule has 158 valence electrons. The van der Waals surface area contributed by atoms with Crippen LogP contribution in [-0.4, -0.2) is 55.0 Å². The Bertz CT molecular complexity index is 1100. The number of hydrogen-bond donors (Lipinski definition) is 1. The van der Waals surface area contributed by atoms with Crippen molar-refractivity contribution in [2.24, 2.45) is 0 Å². The predicted molar refractivity (Wildman–Crippen MR) is 113 cm³/mol. The van der Waals surface area contributed by atoms with Gasteiger partial charge in [-0.1, -0.05) is 40.2 Å². The SMILES string of the molecule is CNC(=O)[C@H](C)N(Cc1ccc(Br)cc1)C(=O)CN1C(=O)c2ccccc2S1(=O)=O. The molecule has 2 aromatic rings. The third-order valence-electron chi connectivity index (χ3n) is 4.87. The Kier molecular flexibility index (Phi) is 6.27. The van der Waals surface area contributed by atoms with E-state index in [1.165, 1.54) is 30.1 Å². The molecule has 0 spiro atoms. The van der Waals surface area contributed by atoms with E-state index in [2.05, 4.69) is 21.2 Å². The first-order valence-electron chi connectivity index (χ1n) is 9.08. The summed E-state index contributed by atoms with van der Waals surface area (Å²) in [5.74, 6) is -1.81. The molecule has 3 rings (SSSR count). The maximum absolute atomic E-state index is 13.1. The summed E-state index contributed by atoms with van der Waals surface area (Å²) in [4.78, 5) is 39.0. The summed E-state index contributed by atoms with van der Waals surface area (Å²) in [6.07, 6.45) is 0. The molecule has 0 saturated heterocycles. The number of hydrogen-bond acceptors (Lipinski definition) is 5. The molecule has 3 amide bonds. The van der Waals surface area contributed by atoms with Gasteiger partial charge in [-0.25, -0.2) is 12.7 Å². The Hall–Kier alpha value is -2.72. The fourth-order valence-corrected chi connectivity index (χ4v) is 4.96. The summed E-state index contributed by atoms with van der Waals surface area (Å²) in [6, 6.07) is 12.1. The molecule has 1 aliphatic rings. The minimum absolute atomic E-state index is 0.0316. The van der Waals surface area contributed by atoms with Gasteiger partial charge in [0.1, 0.15) is 17.5 Å². The fourth-order valence-electron chi connectivity index (χ4n) is 3.18. The number of fused-ring (bicyclic) bond motifs is 1. The summed E-state index contributed by atoms with van der Waals surface area (Å²) in [6.45, 7) is 0.939. The quantitative estimate of drug-likeness (QED) is 0.659. The molecule has 0 aliphatic carbocycles. The Morgan fingerprint density at radius 2 is 1.77 bits per heavy atom. The lowest BCUT2D eigenvalue weighted by atomic mass is 10.1.